The summed E-state index contributed by atoms with van der Waals surface area (Å²) in [5.74, 6) is 0. The summed E-state index contributed by atoms with van der Waals surface area (Å²) in [6, 6.07) is 0. The minimum absolute atomic E-state index is 0.514. The zero-order valence-corrected chi connectivity index (χ0v) is 25.5. The number of hydrogen-bond acceptors (Lipinski definition) is 14. The van der Waals surface area contributed by atoms with Crippen LogP contribution in [-0.4, -0.2) is 185 Å². The van der Waals surface area contributed by atoms with Crippen molar-refractivity contribution in [3.8, 4) is 0 Å². The smallest absolute Gasteiger partial charge is 0.0701 e. The molecule has 0 aromatic carbocycles. The Hall–Kier alpha value is -0.560. The van der Waals surface area contributed by atoms with Gasteiger partial charge in [-0.15, -0.1) is 0 Å². The molecule has 0 saturated carbocycles. The van der Waals surface area contributed by atoms with Crippen LogP contribution >= 0.6 is 0 Å². The fourth-order valence-corrected chi connectivity index (χ4v) is 3.08. The standard InChI is InChI=1S/C28H56O14/c1-2-30-5-6-32-9-10-34-13-14-36-17-18-38-21-22-40-25-26-42-28-27-41-24-23-39-20-19-37-16-15-35-12-11-33-8-7-31-4-3-29-1/h1-28H2. The van der Waals surface area contributed by atoms with E-state index in [4.69, 9.17) is 66.3 Å². The van der Waals surface area contributed by atoms with E-state index in [0.29, 0.717) is 185 Å². The highest BCUT2D eigenvalue weighted by atomic mass is 16.6. The number of ether oxygens (including phenoxy) is 14. The van der Waals surface area contributed by atoms with Crippen LogP contribution in [0.5, 0.6) is 0 Å². The summed E-state index contributed by atoms with van der Waals surface area (Å²) in [5, 5.41) is 0. The minimum Gasteiger partial charge on any atom is -0.377 e. The first kappa shape index (κ1) is 39.5. The van der Waals surface area contributed by atoms with Crippen molar-refractivity contribution in [1.29, 1.82) is 0 Å². The maximum absolute atomic E-state index is 5.47. The third-order valence-electron chi connectivity index (χ3n) is 5.21. The first-order valence-electron chi connectivity index (χ1n) is 15.1. The Morgan fingerprint density at radius 2 is 0.143 bits per heavy atom. The van der Waals surface area contributed by atoms with E-state index in [1.54, 1.807) is 0 Å². The van der Waals surface area contributed by atoms with E-state index in [0.717, 1.165) is 0 Å². The second kappa shape index (κ2) is 36.6. The number of hydrogen-bond donors (Lipinski definition) is 0. The van der Waals surface area contributed by atoms with Crippen molar-refractivity contribution in [2.45, 2.75) is 0 Å². The Kier molecular flexibility index (Phi) is 34.4. The van der Waals surface area contributed by atoms with Gasteiger partial charge in [-0.3, -0.25) is 0 Å². The second-order valence-electron chi connectivity index (χ2n) is 8.57. The average Bonchev–Trinajstić information content (AvgIpc) is 3.00. The van der Waals surface area contributed by atoms with Crippen molar-refractivity contribution in [3.63, 3.8) is 0 Å². The van der Waals surface area contributed by atoms with Crippen LogP contribution in [0.3, 0.4) is 0 Å². The Morgan fingerprint density at radius 1 is 0.0952 bits per heavy atom. The minimum atomic E-state index is 0.514. The molecule has 14 nitrogen and oxygen atoms in total. The molecule has 1 rings (SSSR count). The zero-order valence-electron chi connectivity index (χ0n) is 25.5. The SMILES string of the molecule is C1COCCOCCOCCOCCOCCOCCOCCOCCOCCOCCOCCOCCOCCO1. The van der Waals surface area contributed by atoms with Gasteiger partial charge in [-0.05, 0) is 0 Å². The van der Waals surface area contributed by atoms with Gasteiger partial charge < -0.3 is 66.3 Å². The summed E-state index contributed by atoms with van der Waals surface area (Å²) < 4.78 is 76.6. The van der Waals surface area contributed by atoms with Gasteiger partial charge in [0.05, 0.1) is 185 Å². The van der Waals surface area contributed by atoms with Gasteiger partial charge in [-0.2, -0.15) is 0 Å². The largest absolute Gasteiger partial charge is 0.377 e. The first-order chi connectivity index (χ1) is 21.0. The van der Waals surface area contributed by atoms with Crippen LogP contribution in [0.4, 0.5) is 0 Å². The van der Waals surface area contributed by atoms with E-state index in [2.05, 4.69) is 0 Å². The van der Waals surface area contributed by atoms with Crippen molar-refractivity contribution in [2.24, 2.45) is 0 Å². The lowest BCUT2D eigenvalue weighted by atomic mass is 10.6. The van der Waals surface area contributed by atoms with Gasteiger partial charge in [0.25, 0.3) is 0 Å². The van der Waals surface area contributed by atoms with Crippen LogP contribution in [-0.2, 0) is 66.3 Å². The third-order valence-corrected chi connectivity index (χ3v) is 5.21. The maximum Gasteiger partial charge on any atom is 0.0701 e. The Labute approximate surface area is 251 Å². The molecule has 0 N–H and O–H groups in total. The van der Waals surface area contributed by atoms with E-state index in [9.17, 15) is 0 Å². The van der Waals surface area contributed by atoms with Gasteiger partial charge in [-0.25, -0.2) is 0 Å². The predicted molar refractivity (Wildman–Crippen MR) is 151 cm³/mol. The van der Waals surface area contributed by atoms with Crippen molar-refractivity contribution < 1.29 is 66.3 Å². The Bertz CT molecular complexity index is 265. The van der Waals surface area contributed by atoms with Gasteiger partial charge >= 0.3 is 0 Å². The molecule has 0 amide bonds. The van der Waals surface area contributed by atoms with Gasteiger partial charge in [0, 0.05) is 0 Å². The monoisotopic (exact) mass is 616 g/mol. The lowest BCUT2D eigenvalue weighted by Crippen LogP contribution is -2.16. The molecule has 0 unspecified atom stereocenters. The van der Waals surface area contributed by atoms with Crippen LogP contribution in [0.15, 0.2) is 0 Å². The van der Waals surface area contributed by atoms with E-state index in [1.807, 2.05) is 0 Å². The molecule has 0 aliphatic carbocycles. The Balaban J connectivity index is 2.00. The summed E-state index contributed by atoms with van der Waals surface area (Å²) in [5.41, 5.74) is 0. The summed E-state index contributed by atoms with van der Waals surface area (Å²) in [6.07, 6.45) is 0. The summed E-state index contributed by atoms with van der Waals surface area (Å²) in [4.78, 5) is 0. The molecule has 1 saturated heterocycles. The van der Waals surface area contributed by atoms with Crippen LogP contribution in [0.2, 0.25) is 0 Å². The highest BCUT2D eigenvalue weighted by Gasteiger charge is 1.97. The van der Waals surface area contributed by atoms with Crippen LogP contribution < -0.4 is 0 Å². The third kappa shape index (κ3) is 33.9. The van der Waals surface area contributed by atoms with Crippen molar-refractivity contribution in [1.82, 2.24) is 0 Å². The van der Waals surface area contributed by atoms with Crippen molar-refractivity contribution >= 4 is 0 Å². The van der Waals surface area contributed by atoms with Gasteiger partial charge in [-0.1, -0.05) is 0 Å². The fourth-order valence-electron chi connectivity index (χ4n) is 3.08. The summed E-state index contributed by atoms with van der Waals surface area (Å²) in [6.45, 7) is 14.4. The quantitative estimate of drug-likeness (QED) is 0.368. The highest BCUT2D eigenvalue weighted by molar-refractivity contribution is 4.40. The van der Waals surface area contributed by atoms with E-state index in [1.165, 1.54) is 0 Å². The molecule has 0 aromatic heterocycles. The van der Waals surface area contributed by atoms with Gasteiger partial charge in [0.1, 0.15) is 0 Å². The van der Waals surface area contributed by atoms with Gasteiger partial charge in [0.2, 0.25) is 0 Å². The average molecular weight is 617 g/mol. The van der Waals surface area contributed by atoms with Crippen LogP contribution in [0.25, 0.3) is 0 Å². The molecule has 0 bridgehead atoms. The number of rotatable bonds is 0. The second-order valence-corrected chi connectivity index (χ2v) is 8.57. The molecule has 0 radical (unpaired) electrons. The molecule has 0 aromatic rings. The first-order valence-corrected chi connectivity index (χ1v) is 15.1. The molecule has 42 heavy (non-hydrogen) atoms. The molecular formula is C28H56O14. The fraction of sp³-hybridized carbons (Fsp3) is 1.00. The molecule has 1 aliphatic heterocycles. The van der Waals surface area contributed by atoms with Crippen LogP contribution in [0.1, 0.15) is 0 Å². The zero-order chi connectivity index (χ0) is 29.7. The van der Waals surface area contributed by atoms with E-state index < -0.39 is 0 Å². The lowest BCUT2D eigenvalue weighted by molar-refractivity contribution is -0.0334. The summed E-state index contributed by atoms with van der Waals surface area (Å²) >= 11 is 0. The molecule has 1 aliphatic rings. The lowest BCUT2D eigenvalue weighted by Gasteiger charge is -2.09. The molecule has 1 fully saturated rings. The molecule has 1 heterocycles. The normalized spacial score (nSPS) is 24.0. The van der Waals surface area contributed by atoms with Crippen molar-refractivity contribution in [3.05, 3.63) is 0 Å². The molecule has 0 atom stereocenters. The Morgan fingerprint density at radius 3 is 0.190 bits per heavy atom. The predicted octanol–water partition coefficient (Wildman–Crippen LogP) is 0.232. The highest BCUT2D eigenvalue weighted by Crippen LogP contribution is 1.88. The topological polar surface area (TPSA) is 129 Å². The van der Waals surface area contributed by atoms with E-state index >= 15 is 0 Å². The molecular weight excluding hydrogens is 560 g/mol. The molecule has 14 heteroatoms. The van der Waals surface area contributed by atoms with Gasteiger partial charge in [0.15, 0.2) is 0 Å². The summed E-state index contributed by atoms with van der Waals surface area (Å²) in [7, 11) is 0. The molecule has 252 valence electrons. The van der Waals surface area contributed by atoms with Crippen LogP contribution in [0, 0.1) is 0 Å². The van der Waals surface area contributed by atoms with Crippen molar-refractivity contribution in [2.75, 3.05) is 185 Å². The van der Waals surface area contributed by atoms with E-state index in [-0.39, 0.29) is 0 Å². The maximum atomic E-state index is 5.47. The molecule has 0 spiro atoms.